The van der Waals surface area contributed by atoms with Gasteiger partial charge in [0, 0.05) is 18.8 Å². The summed E-state index contributed by atoms with van der Waals surface area (Å²) >= 11 is 0. The number of hydrogen-bond acceptors (Lipinski definition) is 6. The summed E-state index contributed by atoms with van der Waals surface area (Å²) in [5, 5.41) is 15.0. The molecule has 0 radical (unpaired) electrons. The molecule has 24 heavy (non-hydrogen) atoms. The number of halogens is 3. The molecule has 12 heteroatoms. The molecule has 0 N–H and O–H groups in total. The number of hydrogen-bond donors (Lipinski definition) is 0. The van der Waals surface area contributed by atoms with E-state index < -0.39 is 22.6 Å². The second-order valence-electron chi connectivity index (χ2n) is 4.70. The lowest BCUT2D eigenvalue weighted by atomic mass is 10.2. The molecule has 3 aromatic heterocycles. The first-order valence-electron chi connectivity index (χ1n) is 6.38. The molecule has 0 spiro atoms. The topological polar surface area (TPSA) is 105 Å². The summed E-state index contributed by atoms with van der Waals surface area (Å²) in [4.78, 5) is 21.1. The van der Waals surface area contributed by atoms with Crippen LogP contribution in [0.4, 0.5) is 19.0 Å². The number of aryl methyl sites for hydroxylation is 1. The summed E-state index contributed by atoms with van der Waals surface area (Å²) in [6.45, 7) is 0. The highest BCUT2D eigenvalue weighted by atomic mass is 19.4. The molecule has 3 aromatic rings. The van der Waals surface area contributed by atoms with Crippen LogP contribution in [0.3, 0.4) is 0 Å². The van der Waals surface area contributed by atoms with Gasteiger partial charge >= 0.3 is 12.0 Å². The Balaban J connectivity index is 2.04. The zero-order chi connectivity index (χ0) is 17.5. The number of alkyl halides is 3. The summed E-state index contributed by atoms with van der Waals surface area (Å²) in [5.74, 6) is -0.443. The Hall–Kier alpha value is -3.31. The van der Waals surface area contributed by atoms with Crippen LogP contribution in [0.25, 0.3) is 17.2 Å². The van der Waals surface area contributed by atoms with Gasteiger partial charge in [-0.05, 0) is 22.0 Å². The van der Waals surface area contributed by atoms with E-state index in [0.717, 1.165) is 23.3 Å². The van der Waals surface area contributed by atoms with Crippen molar-refractivity contribution in [3.63, 3.8) is 0 Å². The van der Waals surface area contributed by atoms with Crippen molar-refractivity contribution in [2.75, 3.05) is 0 Å². The smallest absolute Gasteiger partial charge is 0.358 e. The van der Waals surface area contributed by atoms with E-state index in [1.165, 1.54) is 24.0 Å². The maximum Gasteiger partial charge on any atom is 0.433 e. The molecule has 0 aromatic carbocycles. The van der Waals surface area contributed by atoms with E-state index in [2.05, 4.69) is 20.1 Å². The lowest BCUT2D eigenvalue weighted by molar-refractivity contribution is -0.389. The van der Waals surface area contributed by atoms with E-state index in [0.29, 0.717) is 0 Å². The number of aromatic nitrogens is 6. The Labute approximate surface area is 131 Å². The maximum absolute atomic E-state index is 12.7. The highest BCUT2D eigenvalue weighted by Gasteiger charge is 2.33. The standard InChI is InChI=1S/C12H8F3N7O2/c1-20-5-18-10(22(23)24)11(20)21-6-17-9(19-21)7-2-3-16-8(4-7)12(13,14)15/h2-6H,1H3. The molecule has 0 saturated carbocycles. The molecule has 0 aliphatic carbocycles. The van der Waals surface area contributed by atoms with E-state index in [1.54, 1.807) is 0 Å². The Bertz CT molecular complexity index is 916. The van der Waals surface area contributed by atoms with Crippen LogP contribution in [0, 0.1) is 10.1 Å². The van der Waals surface area contributed by atoms with Crippen LogP contribution < -0.4 is 0 Å². The van der Waals surface area contributed by atoms with Gasteiger partial charge in [-0.25, -0.2) is 4.98 Å². The van der Waals surface area contributed by atoms with E-state index in [9.17, 15) is 23.3 Å². The number of nitro groups is 1. The lowest BCUT2D eigenvalue weighted by Gasteiger charge is -2.05. The van der Waals surface area contributed by atoms with E-state index >= 15 is 0 Å². The first-order valence-corrected chi connectivity index (χ1v) is 6.38. The zero-order valence-electron chi connectivity index (χ0n) is 12.0. The van der Waals surface area contributed by atoms with Crippen molar-refractivity contribution >= 4 is 5.82 Å². The Morgan fingerprint density at radius 2 is 1.96 bits per heavy atom. The molecular formula is C12H8F3N7O2. The number of nitrogens with zero attached hydrogens (tertiary/aromatic N) is 7. The zero-order valence-corrected chi connectivity index (χ0v) is 12.0. The second-order valence-corrected chi connectivity index (χ2v) is 4.70. The molecule has 0 atom stereocenters. The largest absolute Gasteiger partial charge is 0.433 e. The van der Waals surface area contributed by atoms with Gasteiger partial charge in [-0.1, -0.05) is 0 Å². The number of rotatable bonds is 3. The van der Waals surface area contributed by atoms with Crippen molar-refractivity contribution in [3.8, 4) is 17.2 Å². The van der Waals surface area contributed by atoms with Gasteiger partial charge in [0.05, 0.1) is 0 Å². The maximum atomic E-state index is 12.7. The average Bonchev–Trinajstić information content (AvgIpc) is 3.12. The van der Waals surface area contributed by atoms with Gasteiger partial charge in [0.25, 0.3) is 0 Å². The Kier molecular flexibility index (Phi) is 3.51. The van der Waals surface area contributed by atoms with Crippen molar-refractivity contribution < 1.29 is 18.1 Å². The first-order chi connectivity index (χ1) is 11.3. The summed E-state index contributed by atoms with van der Waals surface area (Å²) < 4.78 is 40.6. The molecule has 3 rings (SSSR count). The summed E-state index contributed by atoms with van der Waals surface area (Å²) in [6, 6.07) is 2.11. The van der Waals surface area contributed by atoms with Gasteiger partial charge in [0.2, 0.25) is 12.1 Å². The van der Waals surface area contributed by atoms with Crippen molar-refractivity contribution in [2.24, 2.45) is 7.05 Å². The van der Waals surface area contributed by atoms with Crippen LogP contribution in [0.1, 0.15) is 5.69 Å². The van der Waals surface area contributed by atoms with Gasteiger partial charge in [-0.15, -0.1) is 5.10 Å². The van der Waals surface area contributed by atoms with Crippen LogP contribution in [0.2, 0.25) is 0 Å². The SMILES string of the molecule is Cn1cnc([N+](=O)[O-])c1-n1cnc(-c2ccnc(C(F)(F)F)c2)n1. The summed E-state index contributed by atoms with van der Waals surface area (Å²) in [7, 11) is 1.52. The molecule has 0 aliphatic rings. The minimum absolute atomic E-state index is 0.0293. The average molecular weight is 339 g/mol. The predicted octanol–water partition coefficient (Wildman–Crippen LogP) is 1.99. The van der Waals surface area contributed by atoms with Crippen LogP contribution >= 0.6 is 0 Å². The predicted molar refractivity (Wildman–Crippen MR) is 73.0 cm³/mol. The van der Waals surface area contributed by atoms with Gasteiger partial charge in [0.1, 0.15) is 12.0 Å². The van der Waals surface area contributed by atoms with Gasteiger partial charge in [-0.3, -0.25) is 9.55 Å². The minimum atomic E-state index is -4.60. The molecule has 0 saturated heterocycles. The fourth-order valence-electron chi connectivity index (χ4n) is 2.03. The fourth-order valence-corrected chi connectivity index (χ4v) is 2.03. The molecule has 0 amide bonds. The summed E-state index contributed by atoms with van der Waals surface area (Å²) in [6.07, 6.45) is -1.22. The molecule has 0 fully saturated rings. The number of imidazole rings is 1. The molecule has 124 valence electrons. The second kappa shape index (κ2) is 5.40. The summed E-state index contributed by atoms with van der Waals surface area (Å²) in [5.41, 5.74) is -0.997. The van der Waals surface area contributed by atoms with Gasteiger partial charge in [-0.2, -0.15) is 17.9 Å². The van der Waals surface area contributed by atoms with Crippen LogP contribution in [0.5, 0.6) is 0 Å². The minimum Gasteiger partial charge on any atom is -0.358 e. The van der Waals surface area contributed by atoms with Crippen molar-refractivity contribution in [1.82, 2.24) is 29.3 Å². The Morgan fingerprint density at radius 1 is 1.21 bits per heavy atom. The Morgan fingerprint density at radius 3 is 2.62 bits per heavy atom. The molecule has 0 aliphatic heterocycles. The third kappa shape index (κ3) is 2.68. The van der Waals surface area contributed by atoms with E-state index in [4.69, 9.17) is 0 Å². The molecule has 0 bridgehead atoms. The van der Waals surface area contributed by atoms with Gasteiger partial charge < -0.3 is 10.1 Å². The van der Waals surface area contributed by atoms with Crippen LogP contribution in [0.15, 0.2) is 31.0 Å². The van der Waals surface area contributed by atoms with Crippen molar-refractivity contribution in [2.45, 2.75) is 6.18 Å². The number of pyridine rings is 1. The lowest BCUT2D eigenvalue weighted by Crippen LogP contribution is -2.08. The molecular weight excluding hydrogens is 331 g/mol. The van der Waals surface area contributed by atoms with Crippen LogP contribution in [-0.4, -0.2) is 34.2 Å². The monoisotopic (exact) mass is 339 g/mol. The van der Waals surface area contributed by atoms with E-state index in [-0.39, 0.29) is 17.2 Å². The van der Waals surface area contributed by atoms with E-state index in [1.807, 2.05) is 0 Å². The van der Waals surface area contributed by atoms with Gasteiger partial charge in [0.15, 0.2) is 5.82 Å². The normalized spacial score (nSPS) is 11.7. The first kappa shape index (κ1) is 15.6. The molecule has 0 unspecified atom stereocenters. The van der Waals surface area contributed by atoms with Crippen molar-refractivity contribution in [1.29, 1.82) is 0 Å². The highest BCUT2D eigenvalue weighted by Crippen LogP contribution is 2.29. The third-order valence-corrected chi connectivity index (χ3v) is 3.08. The highest BCUT2D eigenvalue weighted by molar-refractivity contribution is 5.55. The molecule has 3 heterocycles. The van der Waals surface area contributed by atoms with Crippen LogP contribution in [-0.2, 0) is 13.2 Å². The molecule has 9 nitrogen and oxygen atoms in total. The van der Waals surface area contributed by atoms with Crippen molar-refractivity contribution in [3.05, 3.63) is 46.8 Å². The quantitative estimate of drug-likeness (QED) is 0.534. The fraction of sp³-hybridized carbons (Fsp3) is 0.167. The third-order valence-electron chi connectivity index (χ3n) is 3.08.